The van der Waals surface area contributed by atoms with Gasteiger partial charge in [0.1, 0.15) is 24.7 Å². The molecule has 14 heteroatoms. The first-order valence-electron chi connectivity index (χ1n) is 18.6. The highest BCUT2D eigenvalue weighted by Gasteiger charge is 2.58. The van der Waals surface area contributed by atoms with Crippen molar-refractivity contribution in [3.63, 3.8) is 0 Å². The number of hydrogen-bond acceptors (Lipinski definition) is 14. The number of carbonyl (C=O) groups excluding carboxylic acids is 3. The lowest BCUT2D eigenvalue weighted by Gasteiger charge is -2.47. The molecule has 1 N–H and O–H groups in total. The molecule has 4 heterocycles. The number of rotatable bonds is 9. The summed E-state index contributed by atoms with van der Waals surface area (Å²) in [5, 5.41) is 16.1. The number of ketones is 1. The minimum absolute atomic E-state index is 0.129. The van der Waals surface area contributed by atoms with Gasteiger partial charge in [0.25, 0.3) is 0 Å². The molecule has 14 nitrogen and oxygen atoms in total. The molecule has 1 aromatic heterocycles. The second-order valence-electron chi connectivity index (χ2n) is 15.4. The molecule has 3 fully saturated rings. The Labute approximate surface area is 313 Å². The van der Waals surface area contributed by atoms with Gasteiger partial charge in [-0.2, -0.15) is 0 Å². The van der Waals surface area contributed by atoms with E-state index >= 15 is 0 Å². The number of aliphatic hydroxyl groups excluding tert-OH is 1. The number of methoxy groups -OCH3 is 1. The topological polar surface area (TPSA) is 165 Å². The Morgan fingerprint density at radius 3 is 2.43 bits per heavy atom. The van der Waals surface area contributed by atoms with Crippen LogP contribution in [0.2, 0.25) is 0 Å². The molecule has 0 radical (unpaired) electrons. The van der Waals surface area contributed by atoms with Gasteiger partial charge in [0.05, 0.1) is 23.5 Å². The summed E-state index contributed by atoms with van der Waals surface area (Å²) in [6.45, 7) is 14.3. The fourth-order valence-corrected chi connectivity index (χ4v) is 8.05. The quantitative estimate of drug-likeness (QED) is 0.159. The van der Waals surface area contributed by atoms with Crippen molar-refractivity contribution in [1.29, 1.82) is 0 Å². The highest BCUT2D eigenvalue weighted by molar-refractivity contribution is 6.00. The van der Waals surface area contributed by atoms with E-state index in [1.165, 1.54) is 14.0 Å². The summed E-state index contributed by atoms with van der Waals surface area (Å²) in [7, 11) is 5.29. The maximum Gasteiger partial charge on any atom is 0.509 e. The molecule has 0 saturated carbocycles. The molecule has 296 valence electrons. The predicted molar refractivity (Wildman–Crippen MR) is 196 cm³/mol. The number of hydrogen-bond donors (Lipinski definition) is 1. The van der Waals surface area contributed by atoms with Crippen molar-refractivity contribution in [3.05, 3.63) is 36.2 Å². The maximum atomic E-state index is 14.2. The molecule has 3 saturated heterocycles. The molecule has 1 aromatic rings. The van der Waals surface area contributed by atoms with Gasteiger partial charge >= 0.3 is 12.1 Å². The van der Waals surface area contributed by atoms with E-state index < -0.39 is 83.5 Å². The number of aromatic nitrogens is 1. The molecule has 3 aliphatic rings. The molecule has 0 unspecified atom stereocenters. The first-order chi connectivity index (χ1) is 25.0. The molecule has 4 rings (SSSR count). The van der Waals surface area contributed by atoms with E-state index in [9.17, 15) is 19.5 Å². The van der Waals surface area contributed by atoms with E-state index in [-0.39, 0.29) is 31.6 Å². The van der Waals surface area contributed by atoms with Crippen molar-refractivity contribution in [1.82, 2.24) is 9.88 Å². The normalized spacial score (nSPS) is 39.7. The number of cyclic esters (lactones) is 1. The zero-order valence-electron chi connectivity index (χ0n) is 33.0. The Morgan fingerprint density at radius 2 is 1.81 bits per heavy atom. The average Bonchev–Trinajstić information content (AvgIpc) is 3.44. The van der Waals surface area contributed by atoms with Gasteiger partial charge in [0, 0.05) is 43.3 Å². The van der Waals surface area contributed by atoms with Crippen LogP contribution in [0.4, 0.5) is 4.79 Å². The number of Topliss-reactive ketones (excluding diaryl/α,β-unsaturated/α-hetero) is 1. The van der Waals surface area contributed by atoms with Crippen molar-refractivity contribution in [2.75, 3.05) is 27.8 Å². The van der Waals surface area contributed by atoms with Gasteiger partial charge < -0.3 is 43.3 Å². The molecule has 53 heavy (non-hydrogen) atoms. The van der Waals surface area contributed by atoms with Crippen LogP contribution in [-0.4, -0.2) is 120 Å². The number of oxime groups is 1. The van der Waals surface area contributed by atoms with E-state index in [1.807, 2.05) is 71.0 Å². The highest BCUT2D eigenvalue weighted by Crippen LogP contribution is 2.42. The molecule has 0 aromatic carbocycles. The standard InChI is InChI=1S/C39H59N3O11/c1-12-29-39(8)34(52-37(46)53-39)24(4)30(41-48-18-14-16-27-15-13-17-40-21-27)22(2)20-38(7,47-11)33(25(5)31(43)26(6)35(45)50-29)51-36-32(44)28(42(9)10)19-23(3)49-36/h13-17,21-26,28-29,32-34,36,44H,12,18-20H2,1-11H3/b16-14+,41-30+/t22-,23-,24+,25+,26-,28+,29-,32-,33-,34+,36-,38-,39-/m1/s1. The lowest BCUT2D eigenvalue weighted by Crippen LogP contribution is -2.59. The third-order valence-electron chi connectivity index (χ3n) is 11.1. The number of ether oxygens (including phenoxy) is 6. The molecule has 0 aliphatic carbocycles. The maximum absolute atomic E-state index is 14.2. The summed E-state index contributed by atoms with van der Waals surface area (Å²) in [5.74, 6) is -4.37. The van der Waals surface area contributed by atoms with Crippen LogP contribution in [-0.2, 0) is 42.8 Å². The van der Waals surface area contributed by atoms with Gasteiger partial charge in [-0.1, -0.05) is 45.0 Å². The molecule has 3 aliphatic heterocycles. The summed E-state index contributed by atoms with van der Waals surface area (Å²) in [6.07, 6.45) is 2.01. The summed E-state index contributed by atoms with van der Waals surface area (Å²) >= 11 is 0. The van der Waals surface area contributed by atoms with Crippen LogP contribution in [0.15, 0.2) is 35.8 Å². The van der Waals surface area contributed by atoms with Crippen LogP contribution < -0.4 is 0 Å². The molecule has 0 amide bonds. The van der Waals surface area contributed by atoms with Crippen LogP contribution in [0, 0.1) is 23.7 Å². The summed E-state index contributed by atoms with van der Waals surface area (Å²) in [5.41, 5.74) is -1.20. The Morgan fingerprint density at radius 1 is 1.09 bits per heavy atom. The number of likely N-dealkylation sites (N-methyl/N-ethyl adjacent to an activating group) is 1. The van der Waals surface area contributed by atoms with Crippen LogP contribution in [0.5, 0.6) is 0 Å². The number of fused-ring (bicyclic) bond motifs is 1. The van der Waals surface area contributed by atoms with Gasteiger partial charge in [-0.25, -0.2) is 4.79 Å². The fraction of sp³-hybridized carbons (Fsp3) is 0.718. The molecule has 0 bridgehead atoms. The third kappa shape index (κ3) is 9.45. The Balaban J connectivity index is 1.79. The Bertz CT molecular complexity index is 1470. The number of pyridine rings is 1. The SMILES string of the molecule is CC[C@H]1OC(=O)[C@H](C)C(=O)[C@H](C)[C@@H](O[C@H]2O[C@H](C)C[C@H](N(C)C)[C@H]2O)[C@](C)(OC)C[C@@H](C)/C(=N\OC/C=C/c2cccnc2)[C@H](C)[C@@H]2OC(=O)O[C@]12C. The fourth-order valence-electron chi connectivity index (χ4n) is 8.05. The zero-order chi connectivity index (χ0) is 39.2. The minimum Gasteiger partial charge on any atom is -0.457 e. The number of carbonyl (C=O) groups is 3. The number of nitrogens with zero attached hydrogens (tertiary/aromatic N) is 3. The van der Waals surface area contributed by atoms with Gasteiger partial charge in [-0.3, -0.25) is 14.6 Å². The van der Waals surface area contributed by atoms with E-state index in [1.54, 1.807) is 33.2 Å². The van der Waals surface area contributed by atoms with Crippen LogP contribution in [0.3, 0.4) is 0 Å². The average molecular weight is 746 g/mol. The molecule has 13 atom stereocenters. The Kier molecular flexibility index (Phi) is 14.2. The lowest BCUT2D eigenvalue weighted by atomic mass is 9.74. The van der Waals surface area contributed by atoms with Crippen LogP contribution >= 0.6 is 0 Å². The van der Waals surface area contributed by atoms with E-state index in [2.05, 4.69) is 10.1 Å². The highest BCUT2D eigenvalue weighted by atomic mass is 16.8. The minimum atomic E-state index is -1.41. The number of aliphatic hydroxyl groups is 1. The van der Waals surface area contributed by atoms with E-state index in [0.29, 0.717) is 12.1 Å². The van der Waals surface area contributed by atoms with E-state index in [4.69, 9.17) is 33.3 Å². The third-order valence-corrected chi connectivity index (χ3v) is 11.1. The largest absolute Gasteiger partial charge is 0.509 e. The summed E-state index contributed by atoms with van der Waals surface area (Å²) in [6, 6.07) is 3.48. The van der Waals surface area contributed by atoms with Crippen LogP contribution in [0.1, 0.15) is 80.2 Å². The second-order valence-corrected chi connectivity index (χ2v) is 15.4. The van der Waals surface area contributed by atoms with Crippen molar-refractivity contribution < 1.29 is 52.7 Å². The number of esters is 1. The van der Waals surface area contributed by atoms with Gasteiger partial charge in [0.15, 0.2) is 23.8 Å². The lowest BCUT2D eigenvalue weighted by molar-refractivity contribution is -0.295. The first-order valence-corrected chi connectivity index (χ1v) is 18.6. The zero-order valence-corrected chi connectivity index (χ0v) is 33.0. The Hall–Kier alpha value is -3.43. The molecular weight excluding hydrogens is 686 g/mol. The van der Waals surface area contributed by atoms with Crippen molar-refractivity contribution in [2.24, 2.45) is 28.8 Å². The van der Waals surface area contributed by atoms with Gasteiger partial charge in [-0.05, 0) is 78.8 Å². The summed E-state index contributed by atoms with van der Waals surface area (Å²) < 4.78 is 36.7. The smallest absolute Gasteiger partial charge is 0.457 e. The predicted octanol–water partition coefficient (Wildman–Crippen LogP) is 4.82. The van der Waals surface area contributed by atoms with Crippen molar-refractivity contribution >= 4 is 29.7 Å². The van der Waals surface area contributed by atoms with E-state index in [0.717, 1.165) is 5.56 Å². The molecular formula is C39H59N3O11. The molecule has 0 spiro atoms. The monoisotopic (exact) mass is 745 g/mol. The first kappa shape index (κ1) is 42.3. The van der Waals surface area contributed by atoms with Gasteiger partial charge in [-0.15, -0.1) is 0 Å². The second kappa shape index (κ2) is 17.8. The summed E-state index contributed by atoms with van der Waals surface area (Å²) in [4.78, 5) is 52.7. The van der Waals surface area contributed by atoms with Gasteiger partial charge in [0.2, 0.25) is 0 Å². The van der Waals surface area contributed by atoms with Crippen LogP contribution in [0.25, 0.3) is 6.08 Å². The van der Waals surface area contributed by atoms with Crippen molar-refractivity contribution in [3.8, 4) is 0 Å². The van der Waals surface area contributed by atoms with Crippen molar-refractivity contribution in [2.45, 2.75) is 129 Å².